The molecule has 0 aliphatic carbocycles. The van der Waals surface area contributed by atoms with Crippen molar-refractivity contribution in [2.75, 3.05) is 46.1 Å². The molecule has 0 unspecified atom stereocenters. The van der Waals surface area contributed by atoms with Gasteiger partial charge in [0.1, 0.15) is 30.5 Å². The summed E-state index contributed by atoms with van der Waals surface area (Å²) in [5, 5.41) is 59.3. The lowest BCUT2D eigenvalue weighted by atomic mass is 9.94. The average molecular weight is 1130 g/mol. The Hall–Kier alpha value is -6.08. The molecule has 0 aliphatic heterocycles. The van der Waals surface area contributed by atoms with Crippen LogP contribution in [0.15, 0.2) is 0 Å². The standard InChI is InChI=1S/C54H92N6O19/c1-2-38(44(62)36-55)19-17-18-30-56-45(63)27-23-41(52(72)73)59-48(66)26-22-39(51(70)71)35-40(61)37-79-34-33-78-32-31-57-46(64)28-24-42(53(74)75)60-49(67)29-25-43(54(76)77)58-47(65)20-15-13-11-9-7-5-3-4-6-8-10-12-14-16-21-50(68)69/h38-39,41-43H,2-37,55H2,1H3,(H,56,63)(H,57,64)(H,58,65)(H,59,66)(H,60,67)(H,68,69)(H,70,71)(H,72,73)(H,74,75)(H,76,77)/t38-,39+,41-,42-,43-/m0/s1. The van der Waals surface area contributed by atoms with E-state index in [0.717, 1.165) is 57.8 Å². The van der Waals surface area contributed by atoms with Gasteiger partial charge in [-0.05, 0) is 57.8 Å². The summed E-state index contributed by atoms with van der Waals surface area (Å²) in [7, 11) is 0. The minimum Gasteiger partial charge on any atom is -0.481 e. The Balaban J connectivity index is 4.31. The van der Waals surface area contributed by atoms with Crippen molar-refractivity contribution in [1.82, 2.24) is 26.6 Å². The van der Waals surface area contributed by atoms with Gasteiger partial charge in [-0.15, -0.1) is 0 Å². The van der Waals surface area contributed by atoms with E-state index in [4.69, 9.17) is 20.3 Å². The van der Waals surface area contributed by atoms with Crippen molar-refractivity contribution in [3.8, 4) is 0 Å². The van der Waals surface area contributed by atoms with Crippen LogP contribution in [0.1, 0.15) is 193 Å². The maximum atomic E-state index is 12.6. The molecule has 0 fully saturated rings. The molecule has 452 valence electrons. The molecule has 12 N–H and O–H groups in total. The third kappa shape index (κ3) is 41.6. The number of amides is 5. The Kier molecular flexibility index (Phi) is 43.2. The van der Waals surface area contributed by atoms with E-state index < -0.39 is 115 Å². The smallest absolute Gasteiger partial charge is 0.326 e. The van der Waals surface area contributed by atoms with Crippen LogP contribution in [-0.2, 0) is 67.0 Å². The van der Waals surface area contributed by atoms with Crippen LogP contribution < -0.4 is 32.3 Å². The first-order valence-corrected chi connectivity index (χ1v) is 28.1. The summed E-state index contributed by atoms with van der Waals surface area (Å²) >= 11 is 0. The summed E-state index contributed by atoms with van der Waals surface area (Å²) < 4.78 is 10.6. The highest BCUT2D eigenvalue weighted by molar-refractivity contribution is 5.88. The van der Waals surface area contributed by atoms with Crippen LogP contribution in [0.4, 0.5) is 0 Å². The highest BCUT2D eigenvalue weighted by atomic mass is 16.5. The van der Waals surface area contributed by atoms with Crippen molar-refractivity contribution >= 4 is 70.9 Å². The molecule has 0 saturated carbocycles. The number of nitrogens with one attached hydrogen (secondary N) is 5. The van der Waals surface area contributed by atoms with Gasteiger partial charge in [0.25, 0.3) is 0 Å². The van der Waals surface area contributed by atoms with Crippen LogP contribution in [0.5, 0.6) is 0 Å². The van der Waals surface area contributed by atoms with Crippen molar-refractivity contribution in [3.05, 3.63) is 0 Å². The molecule has 0 saturated heterocycles. The molecule has 0 heterocycles. The Labute approximate surface area is 463 Å². The molecular weight excluding hydrogens is 1040 g/mol. The summed E-state index contributed by atoms with van der Waals surface area (Å²) in [6.45, 7) is 1.68. The van der Waals surface area contributed by atoms with Gasteiger partial charge >= 0.3 is 29.8 Å². The van der Waals surface area contributed by atoms with Crippen LogP contribution in [0.3, 0.4) is 0 Å². The Bertz CT molecular complexity index is 1870. The zero-order chi connectivity index (χ0) is 59.2. The SMILES string of the molecule is CC[C@@H](CCCCNC(=O)CC[C@H](NC(=O)CC[C@H](CC(=O)COCCOCCNC(=O)CC[C@H](NC(=O)CC[C@H](NC(=O)CCCCCCCCCCCCCCCCC(=O)O)C(=O)O)C(=O)O)C(=O)O)C(=O)O)C(=O)CN. The van der Waals surface area contributed by atoms with Gasteiger partial charge in [0.2, 0.25) is 29.5 Å². The predicted molar refractivity (Wildman–Crippen MR) is 287 cm³/mol. The number of carbonyl (C=O) groups excluding carboxylic acids is 7. The molecule has 0 rings (SSSR count). The summed E-state index contributed by atoms with van der Waals surface area (Å²) in [5.41, 5.74) is 5.43. The highest BCUT2D eigenvalue weighted by Crippen LogP contribution is 2.16. The van der Waals surface area contributed by atoms with Crippen molar-refractivity contribution in [1.29, 1.82) is 0 Å². The Morgan fingerprint density at radius 2 is 0.810 bits per heavy atom. The van der Waals surface area contributed by atoms with Crippen molar-refractivity contribution < 1.29 is 92.5 Å². The molecule has 5 amide bonds. The summed E-state index contributed by atoms with van der Waals surface area (Å²) in [6, 6.07) is -4.21. The number of unbranched alkanes of at least 4 members (excludes halogenated alkanes) is 14. The lowest BCUT2D eigenvalue weighted by Gasteiger charge is -2.17. The first-order chi connectivity index (χ1) is 37.7. The molecule has 0 aliphatic rings. The van der Waals surface area contributed by atoms with Gasteiger partial charge in [-0.2, -0.15) is 0 Å². The molecule has 0 radical (unpaired) electrons. The second-order valence-electron chi connectivity index (χ2n) is 19.8. The third-order valence-corrected chi connectivity index (χ3v) is 13.1. The number of hydrogen-bond donors (Lipinski definition) is 11. The second-order valence-corrected chi connectivity index (χ2v) is 19.8. The first-order valence-electron chi connectivity index (χ1n) is 28.1. The van der Waals surface area contributed by atoms with E-state index in [2.05, 4.69) is 26.6 Å². The number of carbonyl (C=O) groups is 12. The quantitative estimate of drug-likeness (QED) is 0.0386. The van der Waals surface area contributed by atoms with Gasteiger partial charge in [0, 0.05) is 64.0 Å². The molecule has 25 heteroatoms. The van der Waals surface area contributed by atoms with Crippen LogP contribution in [-0.4, -0.2) is 161 Å². The molecule has 0 spiro atoms. The van der Waals surface area contributed by atoms with Gasteiger partial charge in [-0.1, -0.05) is 90.4 Å². The minimum absolute atomic E-state index is 0.00705. The van der Waals surface area contributed by atoms with Gasteiger partial charge < -0.3 is 67.3 Å². The van der Waals surface area contributed by atoms with Crippen LogP contribution in [0.2, 0.25) is 0 Å². The second kappa shape index (κ2) is 46.8. The van der Waals surface area contributed by atoms with Crippen molar-refractivity contribution in [3.63, 3.8) is 0 Å². The fourth-order valence-corrected chi connectivity index (χ4v) is 8.38. The van der Waals surface area contributed by atoms with E-state index in [9.17, 15) is 78.0 Å². The number of ether oxygens (including phenoxy) is 2. The largest absolute Gasteiger partial charge is 0.481 e. The first kappa shape index (κ1) is 72.9. The fourth-order valence-electron chi connectivity index (χ4n) is 8.38. The highest BCUT2D eigenvalue weighted by Gasteiger charge is 2.27. The predicted octanol–water partition coefficient (Wildman–Crippen LogP) is 3.79. The molecule has 0 bridgehead atoms. The normalized spacial score (nSPS) is 12.9. The maximum Gasteiger partial charge on any atom is 0.326 e. The topological polar surface area (TPSA) is 411 Å². The zero-order valence-corrected chi connectivity index (χ0v) is 46.4. The molecule has 5 atom stereocenters. The van der Waals surface area contributed by atoms with E-state index in [-0.39, 0.29) is 96.0 Å². The Morgan fingerprint density at radius 1 is 0.405 bits per heavy atom. The molecule has 0 aromatic rings. The molecule has 79 heavy (non-hydrogen) atoms. The molecule has 0 aromatic carbocycles. The molecule has 25 nitrogen and oxygen atoms in total. The van der Waals surface area contributed by atoms with Gasteiger partial charge in [-0.3, -0.25) is 43.2 Å². The van der Waals surface area contributed by atoms with Crippen molar-refractivity contribution in [2.45, 2.75) is 211 Å². The van der Waals surface area contributed by atoms with Crippen LogP contribution in [0.25, 0.3) is 0 Å². The van der Waals surface area contributed by atoms with Crippen LogP contribution >= 0.6 is 0 Å². The van der Waals surface area contributed by atoms with Gasteiger partial charge in [0.05, 0.1) is 32.3 Å². The van der Waals surface area contributed by atoms with E-state index in [1.165, 1.54) is 25.7 Å². The van der Waals surface area contributed by atoms with E-state index >= 15 is 0 Å². The van der Waals surface area contributed by atoms with E-state index in [0.29, 0.717) is 38.6 Å². The number of carboxylic acids is 5. The molecule has 0 aromatic heterocycles. The monoisotopic (exact) mass is 1130 g/mol. The van der Waals surface area contributed by atoms with E-state index in [1.807, 2.05) is 6.92 Å². The lowest BCUT2D eigenvalue weighted by Crippen LogP contribution is -2.44. The third-order valence-electron chi connectivity index (χ3n) is 13.1. The summed E-state index contributed by atoms with van der Waals surface area (Å²) in [4.78, 5) is 144. The minimum atomic E-state index is -1.45. The van der Waals surface area contributed by atoms with Crippen molar-refractivity contribution in [2.24, 2.45) is 17.6 Å². The summed E-state index contributed by atoms with van der Waals surface area (Å²) in [5.74, 6) is -11.2. The number of carboxylic acid groups (broad SMARTS) is 5. The van der Waals surface area contributed by atoms with Gasteiger partial charge in [0.15, 0.2) is 5.78 Å². The summed E-state index contributed by atoms with van der Waals surface area (Å²) in [6.07, 6.45) is 14.4. The van der Waals surface area contributed by atoms with E-state index in [1.54, 1.807) is 0 Å². The number of aliphatic carboxylic acids is 5. The molecular formula is C54H92N6O19. The average Bonchev–Trinajstić information content (AvgIpc) is 3.39. The van der Waals surface area contributed by atoms with Crippen LogP contribution in [0, 0.1) is 11.8 Å². The Morgan fingerprint density at radius 3 is 1.24 bits per heavy atom. The maximum absolute atomic E-state index is 12.6. The zero-order valence-electron chi connectivity index (χ0n) is 46.4. The number of nitrogens with two attached hydrogens (primary N) is 1. The fraction of sp³-hybridized carbons (Fsp3) is 0.778. The number of rotatable bonds is 54. The number of hydrogen-bond acceptors (Lipinski definition) is 15. The number of ketones is 2. The lowest BCUT2D eigenvalue weighted by molar-refractivity contribution is -0.145. The van der Waals surface area contributed by atoms with Gasteiger partial charge in [-0.25, -0.2) is 14.4 Å². The number of Topliss-reactive ketones (excluding diaryl/α,β-unsaturated/α-hetero) is 2.